The summed E-state index contributed by atoms with van der Waals surface area (Å²) in [4.78, 5) is 42.3. The molecule has 0 aromatic carbocycles. The SMILES string of the molecule is CCCCCCCCC=CCCCCCCCC(=O)OCC(COC(=O)CCCCCCCC=CCCCCCCCC)OC(=O)NCCN1CCN(CCO)CC1. The second-order valence-corrected chi connectivity index (χ2v) is 16.4. The molecule has 1 saturated heterocycles. The Labute approximate surface area is 355 Å². The first-order valence-corrected chi connectivity index (χ1v) is 24.1. The van der Waals surface area contributed by atoms with Crippen LogP contribution in [0.15, 0.2) is 24.3 Å². The lowest BCUT2D eigenvalue weighted by molar-refractivity contribution is -0.152. The minimum atomic E-state index is -0.877. The van der Waals surface area contributed by atoms with E-state index in [1.54, 1.807) is 0 Å². The van der Waals surface area contributed by atoms with E-state index in [4.69, 9.17) is 19.3 Å². The third kappa shape index (κ3) is 35.5. The van der Waals surface area contributed by atoms with Crippen molar-refractivity contribution in [3.63, 3.8) is 0 Å². The first-order valence-electron chi connectivity index (χ1n) is 24.1. The van der Waals surface area contributed by atoms with Crippen LogP contribution in [0.5, 0.6) is 0 Å². The fourth-order valence-electron chi connectivity index (χ4n) is 7.20. The average Bonchev–Trinajstić information content (AvgIpc) is 3.22. The molecule has 338 valence electrons. The fraction of sp³-hybridized carbons (Fsp3) is 0.854. The van der Waals surface area contributed by atoms with Crippen LogP contribution in [-0.4, -0.2) is 105 Å². The Morgan fingerprint density at radius 1 is 0.534 bits per heavy atom. The number of nitrogens with one attached hydrogen (secondary N) is 1. The highest BCUT2D eigenvalue weighted by Gasteiger charge is 2.21. The van der Waals surface area contributed by atoms with Gasteiger partial charge < -0.3 is 24.6 Å². The van der Waals surface area contributed by atoms with Crippen LogP contribution >= 0.6 is 0 Å². The van der Waals surface area contributed by atoms with Gasteiger partial charge in [-0.3, -0.25) is 19.4 Å². The molecule has 10 heteroatoms. The molecule has 0 aliphatic carbocycles. The van der Waals surface area contributed by atoms with E-state index in [0.717, 1.165) is 90.4 Å². The maximum atomic E-state index is 12.7. The molecule has 1 aliphatic heterocycles. The second-order valence-electron chi connectivity index (χ2n) is 16.4. The average molecular weight is 820 g/mol. The van der Waals surface area contributed by atoms with Gasteiger partial charge in [0.1, 0.15) is 13.2 Å². The van der Waals surface area contributed by atoms with Gasteiger partial charge in [0.15, 0.2) is 6.10 Å². The van der Waals surface area contributed by atoms with Crippen molar-refractivity contribution >= 4 is 18.0 Å². The molecule has 1 rings (SSSR count). The molecule has 1 amide bonds. The Morgan fingerprint density at radius 3 is 1.29 bits per heavy atom. The number of esters is 2. The second kappa shape index (κ2) is 41.3. The molecular formula is C48H89N3O7. The highest BCUT2D eigenvalue weighted by Crippen LogP contribution is 2.13. The van der Waals surface area contributed by atoms with Crippen LogP contribution in [-0.2, 0) is 23.8 Å². The van der Waals surface area contributed by atoms with Gasteiger partial charge in [-0.15, -0.1) is 0 Å². The van der Waals surface area contributed by atoms with Crippen LogP contribution in [0.2, 0.25) is 0 Å². The Bertz CT molecular complexity index is 959. The van der Waals surface area contributed by atoms with E-state index in [1.165, 1.54) is 103 Å². The van der Waals surface area contributed by atoms with Gasteiger partial charge in [0.2, 0.25) is 0 Å². The first kappa shape index (κ1) is 53.6. The molecule has 0 spiro atoms. The minimum absolute atomic E-state index is 0.148. The number of carbonyl (C=O) groups excluding carboxylic acids is 3. The van der Waals surface area contributed by atoms with Gasteiger partial charge in [0.05, 0.1) is 6.61 Å². The highest BCUT2D eigenvalue weighted by molar-refractivity contribution is 5.70. The zero-order valence-corrected chi connectivity index (χ0v) is 37.5. The summed E-state index contributed by atoms with van der Waals surface area (Å²) in [5.41, 5.74) is 0. The van der Waals surface area contributed by atoms with Gasteiger partial charge in [-0.1, -0.05) is 141 Å². The number of hydrogen-bond donors (Lipinski definition) is 2. The predicted molar refractivity (Wildman–Crippen MR) is 239 cm³/mol. The normalized spacial score (nSPS) is 14.3. The van der Waals surface area contributed by atoms with Crippen LogP contribution in [0.25, 0.3) is 0 Å². The summed E-state index contributed by atoms with van der Waals surface area (Å²) in [6.07, 6.45) is 39.5. The van der Waals surface area contributed by atoms with Crippen molar-refractivity contribution in [1.29, 1.82) is 0 Å². The molecular weight excluding hydrogens is 731 g/mol. The van der Waals surface area contributed by atoms with Gasteiger partial charge in [0.25, 0.3) is 0 Å². The van der Waals surface area contributed by atoms with Crippen LogP contribution in [0.3, 0.4) is 0 Å². The molecule has 0 radical (unpaired) electrons. The molecule has 10 nitrogen and oxygen atoms in total. The highest BCUT2D eigenvalue weighted by atomic mass is 16.6. The van der Waals surface area contributed by atoms with Crippen LogP contribution in [0.4, 0.5) is 4.79 Å². The topological polar surface area (TPSA) is 118 Å². The summed E-state index contributed by atoms with van der Waals surface area (Å²) in [5.74, 6) is -0.654. The molecule has 0 bridgehead atoms. The lowest BCUT2D eigenvalue weighted by Crippen LogP contribution is -2.49. The lowest BCUT2D eigenvalue weighted by atomic mass is 10.1. The summed E-state index contributed by atoms with van der Waals surface area (Å²) < 4.78 is 16.6. The quantitative estimate of drug-likeness (QED) is 0.0270. The Morgan fingerprint density at radius 2 is 0.897 bits per heavy atom. The summed E-state index contributed by atoms with van der Waals surface area (Å²) >= 11 is 0. The molecule has 2 N–H and O–H groups in total. The third-order valence-electron chi connectivity index (χ3n) is 11.0. The number of ether oxygens (including phenoxy) is 3. The largest absolute Gasteiger partial charge is 0.462 e. The van der Waals surface area contributed by atoms with Crippen LogP contribution in [0, 0.1) is 0 Å². The molecule has 1 fully saturated rings. The van der Waals surface area contributed by atoms with Crippen molar-refractivity contribution < 1.29 is 33.7 Å². The number of amides is 1. The number of aliphatic hydroxyl groups excluding tert-OH is 1. The van der Waals surface area contributed by atoms with Crippen molar-refractivity contribution in [2.75, 3.05) is 65.6 Å². The third-order valence-corrected chi connectivity index (χ3v) is 11.0. The van der Waals surface area contributed by atoms with Gasteiger partial charge >= 0.3 is 18.0 Å². The number of alkyl carbamates (subject to hydrolysis) is 1. The maximum absolute atomic E-state index is 12.7. The van der Waals surface area contributed by atoms with E-state index < -0.39 is 12.2 Å². The van der Waals surface area contributed by atoms with E-state index in [2.05, 4.69) is 53.3 Å². The van der Waals surface area contributed by atoms with Gasteiger partial charge in [-0.25, -0.2) is 4.79 Å². The monoisotopic (exact) mass is 820 g/mol. The molecule has 1 heterocycles. The number of rotatable bonds is 40. The van der Waals surface area contributed by atoms with Gasteiger partial charge in [-0.2, -0.15) is 0 Å². The van der Waals surface area contributed by atoms with Crippen molar-refractivity contribution in [2.24, 2.45) is 0 Å². The molecule has 0 aromatic rings. The lowest BCUT2D eigenvalue weighted by Gasteiger charge is -2.34. The zero-order chi connectivity index (χ0) is 42.0. The number of nitrogens with zero attached hydrogens (tertiary/aromatic N) is 2. The number of unbranched alkanes of at least 4 members (excludes halogenated alkanes) is 22. The van der Waals surface area contributed by atoms with E-state index in [-0.39, 0.29) is 31.8 Å². The molecule has 0 unspecified atom stereocenters. The molecule has 0 atom stereocenters. The summed E-state index contributed by atoms with van der Waals surface area (Å²) in [6, 6.07) is 0. The number of aliphatic hydroxyl groups is 1. The maximum Gasteiger partial charge on any atom is 0.407 e. The van der Waals surface area contributed by atoms with Crippen molar-refractivity contribution in [3.05, 3.63) is 24.3 Å². The van der Waals surface area contributed by atoms with E-state index in [1.807, 2.05) is 0 Å². The minimum Gasteiger partial charge on any atom is -0.462 e. The molecule has 0 aromatic heterocycles. The number of piperazine rings is 1. The standard InChI is InChI=1S/C48H89N3O7/c1-3-5-7-9-11-13-15-17-19-21-23-25-27-29-31-33-46(53)56-43-45(58-48(55)49-35-36-50-37-39-51(40-38-50)41-42-52)44-57-47(54)34-32-30-28-26-24-22-20-18-16-14-12-10-8-6-4-2/h17-20,45,52H,3-16,21-44H2,1-2H3,(H,49,55). The summed E-state index contributed by atoms with van der Waals surface area (Å²) in [6.45, 7) is 9.68. The molecule has 58 heavy (non-hydrogen) atoms. The Kier molecular flexibility index (Phi) is 38.2. The predicted octanol–water partition coefficient (Wildman–Crippen LogP) is 10.9. The molecule has 1 aliphatic rings. The number of carbonyl (C=O) groups is 3. The first-order chi connectivity index (χ1) is 28.5. The fourth-order valence-corrected chi connectivity index (χ4v) is 7.20. The summed E-state index contributed by atoms with van der Waals surface area (Å²) in [7, 11) is 0. The van der Waals surface area contributed by atoms with E-state index >= 15 is 0 Å². The van der Waals surface area contributed by atoms with Crippen LogP contribution in [0.1, 0.15) is 194 Å². The van der Waals surface area contributed by atoms with Crippen molar-refractivity contribution in [2.45, 2.75) is 200 Å². The number of allylic oxidation sites excluding steroid dienone is 4. The number of hydrogen-bond acceptors (Lipinski definition) is 9. The van der Waals surface area contributed by atoms with Gasteiger partial charge in [-0.05, 0) is 64.2 Å². The van der Waals surface area contributed by atoms with E-state index in [0.29, 0.717) is 32.5 Å². The van der Waals surface area contributed by atoms with E-state index in [9.17, 15) is 14.4 Å². The smallest absolute Gasteiger partial charge is 0.407 e. The summed E-state index contributed by atoms with van der Waals surface area (Å²) in [5, 5.41) is 12.0. The van der Waals surface area contributed by atoms with Crippen molar-refractivity contribution in [1.82, 2.24) is 15.1 Å². The Balaban J connectivity index is 2.29. The van der Waals surface area contributed by atoms with Crippen molar-refractivity contribution in [3.8, 4) is 0 Å². The van der Waals surface area contributed by atoms with Crippen LogP contribution < -0.4 is 5.32 Å². The molecule has 0 saturated carbocycles. The number of β-amino-alcohol motifs (C(OH)–C–C–N with tert-alkyl or cyclic N) is 1. The Hall–Kier alpha value is -2.43. The van der Waals surface area contributed by atoms with Gasteiger partial charge in [0, 0.05) is 58.7 Å². The zero-order valence-electron chi connectivity index (χ0n) is 37.5.